The molecule has 0 spiro atoms. The summed E-state index contributed by atoms with van der Waals surface area (Å²) < 4.78 is 19.8. The maximum atomic E-state index is 13.6. The van der Waals surface area contributed by atoms with Crippen molar-refractivity contribution >= 4 is 38.6 Å². The maximum Gasteiger partial charge on any atom is 0.279 e. The Hall–Kier alpha value is -2.87. The van der Waals surface area contributed by atoms with Gasteiger partial charge in [0.1, 0.15) is 0 Å². The molecule has 0 saturated heterocycles. The van der Waals surface area contributed by atoms with Crippen molar-refractivity contribution in [1.29, 1.82) is 0 Å². The number of para-hydroxylation sites is 1. The number of aromatic amines is 1. The summed E-state index contributed by atoms with van der Waals surface area (Å²) in [6, 6.07) is 11.6. The number of benzene rings is 2. The number of carbonyl (C=O) groups is 2. The van der Waals surface area contributed by atoms with Crippen LogP contribution < -0.4 is 15.6 Å². The number of halogens is 2. The zero-order valence-electron chi connectivity index (χ0n) is 15.3. The number of hydrogen-bond acceptors (Lipinski definition) is 3. The summed E-state index contributed by atoms with van der Waals surface area (Å²) in [7, 11) is 0. The molecule has 1 aromatic heterocycles. The van der Waals surface area contributed by atoms with Gasteiger partial charge in [-0.1, -0.05) is 28.1 Å². The fourth-order valence-corrected chi connectivity index (χ4v) is 3.17. The molecule has 6 nitrogen and oxygen atoms in total. The lowest BCUT2D eigenvalue weighted by atomic mass is 10.1. The minimum atomic E-state index is -0.983. The van der Waals surface area contributed by atoms with E-state index in [0.717, 1.165) is 26.6 Å². The van der Waals surface area contributed by atoms with Crippen LogP contribution >= 0.6 is 15.9 Å². The Labute approximate surface area is 169 Å². The van der Waals surface area contributed by atoms with Gasteiger partial charge < -0.3 is 9.72 Å². The van der Waals surface area contributed by atoms with Crippen molar-refractivity contribution in [2.45, 2.75) is 26.4 Å². The van der Waals surface area contributed by atoms with Crippen molar-refractivity contribution in [2.24, 2.45) is 0 Å². The van der Waals surface area contributed by atoms with Crippen LogP contribution in [0.4, 0.5) is 4.39 Å². The Morgan fingerprint density at radius 2 is 1.96 bits per heavy atom. The molecular formula is C20H19BrFN3O3. The molecule has 8 heteroatoms. The second kappa shape index (κ2) is 8.43. The second-order valence-electron chi connectivity index (χ2n) is 6.32. The lowest BCUT2D eigenvalue weighted by Crippen LogP contribution is -2.47. The van der Waals surface area contributed by atoms with Gasteiger partial charge in [-0.2, -0.15) is 0 Å². The maximum absolute atomic E-state index is 13.6. The van der Waals surface area contributed by atoms with Crippen LogP contribution in [0.3, 0.4) is 0 Å². The van der Waals surface area contributed by atoms with Crippen molar-refractivity contribution < 1.29 is 18.7 Å². The first-order chi connectivity index (χ1) is 13.3. The second-order valence-corrected chi connectivity index (χ2v) is 7.24. The summed E-state index contributed by atoms with van der Waals surface area (Å²) in [4.78, 5) is 27.6. The topological polar surface area (TPSA) is 83.2 Å². The zero-order valence-corrected chi connectivity index (χ0v) is 16.9. The van der Waals surface area contributed by atoms with Crippen molar-refractivity contribution in [1.82, 2.24) is 15.8 Å². The molecule has 1 heterocycles. The third kappa shape index (κ3) is 4.51. The van der Waals surface area contributed by atoms with E-state index in [1.165, 1.54) is 25.1 Å². The van der Waals surface area contributed by atoms with Crippen LogP contribution in [0.2, 0.25) is 0 Å². The van der Waals surface area contributed by atoms with Gasteiger partial charge >= 0.3 is 0 Å². The van der Waals surface area contributed by atoms with E-state index in [1.807, 2.05) is 25.1 Å². The van der Waals surface area contributed by atoms with E-state index in [0.29, 0.717) is 0 Å². The van der Waals surface area contributed by atoms with Gasteiger partial charge in [-0.25, -0.2) is 4.39 Å². The van der Waals surface area contributed by atoms with Gasteiger partial charge in [0.15, 0.2) is 17.7 Å². The van der Waals surface area contributed by atoms with Crippen LogP contribution in [-0.4, -0.2) is 22.9 Å². The summed E-state index contributed by atoms with van der Waals surface area (Å²) in [5, 5.41) is 0.935. The highest BCUT2D eigenvalue weighted by Crippen LogP contribution is 2.26. The Bertz CT molecular complexity index is 1030. The number of ether oxygens (including phenoxy) is 1. The minimum Gasteiger partial charge on any atom is -0.478 e. The zero-order chi connectivity index (χ0) is 20.3. The first-order valence-electron chi connectivity index (χ1n) is 8.61. The van der Waals surface area contributed by atoms with E-state index in [4.69, 9.17) is 4.74 Å². The van der Waals surface area contributed by atoms with Gasteiger partial charge in [0.2, 0.25) is 5.91 Å². The molecule has 0 radical (unpaired) electrons. The van der Waals surface area contributed by atoms with Gasteiger partial charge in [0.25, 0.3) is 5.91 Å². The predicted molar refractivity (Wildman–Crippen MR) is 107 cm³/mol. The smallest absolute Gasteiger partial charge is 0.279 e. The van der Waals surface area contributed by atoms with Gasteiger partial charge in [0.05, 0.1) is 6.42 Å². The molecule has 0 aliphatic carbocycles. The molecule has 0 aliphatic heterocycles. The quantitative estimate of drug-likeness (QED) is 0.523. The Balaban J connectivity index is 1.58. The van der Waals surface area contributed by atoms with E-state index < -0.39 is 17.8 Å². The van der Waals surface area contributed by atoms with Crippen molar-refractivity contribution in [3.05, 3.63) is 64.0 Å². The highest BCUT2D eigenvalue weighted by molar-refractivity contribution is 9.10. The molecule has 3 aromatic rings. The van der Waals surface area contributed by atoms with E-state index in [2.05, 4.69) is 31.8 Å². The SMILES string of the molecule is Cc1[nH]c2ccc(Br)cc2c1CC(=O)NNC(=O)C(C)Oc1ccccc1F. The van der Waals surface area contributed by atoms with Crippen LogP contribution in [0.5, 0.6) is 5.75 Å². The lowest BCUT2D eigenvalue weighted by Gasteiger charge is -2.15. The molecule has 1 unspecified atom stereocenters. The Morgan fingerprint density at radius 1 is 1.21 bits per heavy atom. The molecule has 28 heavy (non-hydrogen) atoms. The van der Waals surface area contributed by atoms with Crippen LogP contribution in [0, 0.1) is 12.7 Å². The minimum absolute atomic E-state index is 0.0310. The Morgan fingerprint density at radius 3 is 2.71 bits per heavy atom. The largest absolute Gasteiger partial charge is 0.478 e. The summed E-state index contributed by atoms with van der Waals surface area (Å²) >= 11 is 3.43. The number of carbonyl (C=O) groups excluding carboxylic acids is 2. The molecule has 2 aromatic carbocycles. The van der Waals surface area contributed by atoms with Crippen LogP contribution in [0.25, 0.3) is 10.9 Å². The monoisotopic (exact) mass is 447 g/mol. The lowest BCUT2D eigenvalue weighted by molar-refractivity contribution is -0.132. The fraction of sp³-hybridized carbons (Fsp3) is 0.200. The van der Waals surface area contributed by atoms with Crippen molar-refractivity contribution in [3.63, 3.8) is 0 Å². The van der Waals surface area contributed by atoms with Gasteiger partial charge in [-0.3, -0.25) is 20.4 Å². The number of H-pyrrole nitrogens is 1. The molecule has 0 saturated carbocycles. The number of hydrazine groups is 1. The fourth-order valence-electron chi connectivity index (χ4n) is 2.80. The third-order valence-electron chi connectivity index (χ3n) is 4.25. The molecule has 3 rings (SSSR count). The molecular weight excluding hydrogens is 429 g/mol. The number of aryl methyl sites for hydroxylation is 1. The molecule has 0 bridgehead atoms. The van der Waals surface area contributed by atoms with E-state index in [9.17, 15) is 14.0 Å². The number of aromatic nitrogens is 1. The molecule has 146 valence electrons. The highest BCUT2D eigenvalue weighted by Gasteiger charge is 2.18. The molecule has 3 N–H and O–H groups in total. The number of hydrogen-bond donors (Lipinski definition) is 3. The highest BCUT2D eigenvalue weighted by atomic mass is 79.9. The summed E-state index contributed by atoms with van der Waals surface area (Å²) in [5.41, 5.74) is 7.34. The van der Waals surface area contributed by atoms with Gasteiger partial charge in [-0.15, -0.1) is 0 Å². The van der Waals surface area contributed by atoms with E-state index in [-0.39, 0.29) is 18.1 Å². The van der Waals surface area contributed by atoms with Crippen LogP contribution in [0.15, 0.2) is 46.9 Å². The number of nitrogens with one attached hydrogen (secondary N) is 3. The summed E-state index contributed by atoms with van der Waals surface area (Å²) in [6.07, 6.45) is -0.895. The molecule has 2 amide bonds. The summed E-state index contributed by atoms with van der Waals surface area (Å²) in [5.74, 6) is -1.56. The van der Waals surface area contributed by atoms with Crippen LogP contribution in [-0.2, 0) is 16.0 Å². The molecule has 0 fully saturated rings. The number of fused-ring (bicyclic) bond motifs is 1. The standard InChI is InChI=1S/C20H19BrFN3O3/c1-11-14(15-9-13(21)7-8-17(15)23-11)10-19(26)24-25-20(27)12(2)28-18-6-4-3-5-16(18)22/h3-9,12,23H,10H2,1-2H3,(H,24,26)(H,25,27). The van der Waals surface area contributed by atoms with Crippen molar-refractivity contribution in [2.75, 3.05) is 0 Å². The van der Waals surface area contributed by atoms with Crippen LogP contribution in [0.1, 0.15) is 18.2 Å². The average Bonchev–Trinajstić information content (AvgIpc) is 2.96. The summed E-state index contributed by atoms with van der Waals surface area (Å²) in [6.45, 7) is 3.36. The normalized spacial score (nSPS) is 11.9. The van der Waals surface area contributed by atoms with Gasteiger partial charge in [-0.05, 0) is 49.7 Å². The number of rotatable bonds is 5. The third-order valence-corrected chi connectivity index (χ3v) is 4.75. The average molecular weight is 448 g/mol. The Kier molecular flexibility index (Phi) is 5.99. The molecule has 0 aliphatic rings. The first kappa shape index (κ1) is 19.9. The van der Waals surface area contributed by atoms with Crippen molar-refractivity contribution in [3.8, 4) is 5.75 Å². The molecule has 1 atom stereocenters. The van der Waals surface area contributed by atoms with E-state index >= 15 is 0 Å². The first-order valence-corrected chi connectivity index (χ1v) is 9.41. The van der Waals surface area contributed by atoms with Gasteiger partial charge in [0, 0.05) is 21.1 Å². The van der Waals surface area contributed by atoms with E-state index in [1.54, 1.807) is 6.07 Å². The number of amides is 2. The predicted octanol–water partition coefficient (Wildman–Crippen LogP) is 3.54.